The fourth-order valence-electron chi connectivity index (χ4n) is 1.34. The van der Waals surface area contributed by atoms with Gasteiger partial charge in [0.2, 0.25) is 0 Å². The molecule has 2 N–H and O–H groups in total. The quantitative estimate of drug-likeness (QED) is 0.800. The fourth-order valence-corrected chi connectivity index (χ4v) is 2.11. The molecule has 0 radical (unpaired) electrons. The van der Waals surface area contributed by atoms with Gasteiger partial charge in [0.25, 0.3) is 0 Å². The van der Waals surface area contributed by atoms with E-state index in [0.29, 0.717) is 11.7 Å². The largest absolute Gasteiger partial charge is 0.375 e. The van der Waals surface area contributed by atoms with Crippen LogP contribution < -0.4 is 5.73 Å². The van der Waals surface area contributed by atoms with Crippen LogP contribution in [0.25, 0.3) is 0 Å². The molecule has 0 bridgehead atoms. The number of anilines is 1. The highest BCUT2D eigenvalue weighted by molar-refractivity contribution is 7.15. The zero-order valence-corrected chi connectivity index (χ0v) is 9.98. The molecule has 0 amide bonds. The topological polar surface area (TPSA) is 85.8 Å². The van der Waals surface area contributed by atoms with Crippen molar-refractivity contribution in [3.8, 4) is 0 Å². The number of nitrogens with zero attached hydrogens (tertiary/aromatic N) is 6. The van der Waals surface area contributed by atoms with Crippen molar-refractivity contribution in [1.82, 2.24) is 30.1 Å². The summed E-state index contributed by atoms with van der Waals surface area (Å²) in [4.78, 5) is 7.25. The molecular formula is C8H13N7S. The molecule has 0 aliphatic carbocycles. The maximum Gasteiger partial charge on any atom is 0.180 e. The zero-order valence-electron chi connectivity index (χ0n) is 9.16. The molecule has 0 saturated heterocycles. The van der Waals surface area contributed by atoms with Crippen molar-refractivity contribution in [2.75, 3.05) is 12.8 Å². The Balaban J connectivity index is 1.94. The van der Waals surface area contributed by atoms with Gasteiger partial charge in [-0.15, -0.1) is 16.4 Å². The number of aromatic nitrogens is 5. The minimum absolute atomic E-state index is 0.601. The van der Waals surface area contributed by atoms with E-state index in [-0.39, 0.29) is 0 Å². The number of hydrogen-bond donors (Lipinski definition) is 1. The predicted octanol–water partition coefficient (Wildman–Crippen LogP) is -0.119. The third-order valence-electron chi connectivity index (χ3n) is 2.12. The average Bonchev–Trinajstić information content (AvgIpc) is 2.77. The molecule has 16 heavy (non-hydrogen) atoms. The summed E-state index contributed by atoms with van der Waals surface area (Å²) in [5.74, 6) is 0.833. The molecule has 0 aromatic carbocycles. The first-order valence-corrected chi connectivity index (χ1v) is 5.57. The minimum atomic E-state index is 0.601. The van der Waals surface area contributed by atoms with Crippen molar-refractivity contribution in [3.63, 3.8) is 0 Å². The third-order valence-corrected chi connectivity index (χ3v) is 2.93. The van der Waals surface area contributed by atoms with Gasteiger partial charge in [-0.25, -0.2) is 9.67 Å². The van der Waals surface area contributed by atoms with E-state index in [9.17, 15) is 0 Å². The molecule has 2 rings (SSSR count). The monoisotopic (exact) mass is 239 g/mol. The maximum absolute atomic E-state index is 5.57. The first kappa shape index (κ1) is 11.0. The van der Waals surface area contributed by atoms with E-state index in [0.717, 1.165) is 17.2 Å². The zero-order chi connectivity index (χ0) is 11.5. The van der Waals surface area contributed by atoms with Crippen LogP contribution in [0.1, 0.15) is 10.7 Å². The van der Waals surface area contributed by atoms with E-state index in [2.05, 4.69) is 25.4 Å². The molecule has 8 heteroatoms. The van der Waals surface area contributed by atoms with E-state index in [1.54, 1.807) is 10.9 Å². The van der Waals surface area contributed by atoms with Crippen molar-refractivity contribution >= 4 is 16.5 Å². The lowest BCUT2D eigenvalue weighted by atomic mass is 10.4. The van der Waals surface area contributed by atoms with Crippen molar-refractivity contribution in [2.24, 2.45) is 7.05 Å². The van der Waals surface area contributed by atoms with E-state index in [4.69, 9.17) is 5.73 Å². The van der Waals surface area contributed by atoms with Gasteiger partial charge in [-0.2, -0.15) is 0 Å². The van der Waals surface area contributed by atoms with Gasteiger partial charge in [0.1, 0.15) is 0 Å². The Kier molecular flexibility index (Phi) is 3.11. The highest BCUT2D eigenvalue weighted by Crippen LogP contribution is 2.16. The van der Waals surface area contributed by atoms with Gasteiger partial charge in [-0.3, -0.25) is 4.90 Å². The van der Waals surface area contributed by atoms with E-state index in [1.165, 1.54) is 11.3 Å². The van der Waals surface area contributed by atoms with Crippen LogP contribution in [-0.2, 0) is 20.1 Å². The Hall–Kier alpha value is -1.54. The van der Waals surface area contributed by atoms with Gasteiger partial charge in [-0.05, 0) is 17.5 Å². The summed E-state index contributed by atoms with van der Waals surface area (Å²) in [5, 5.41) is 11.9. The van der Waals surface area contributed by atoms with Gasteiger partial charge in [0, 0.05) is 24.7 Å². The van der Waals surface area contributed by atoms with Crippen LogP contribution in [0, 0.1) is 0 Å². The normalized spacial score (nSPS) is 11.2. The van der Waals surface area contributed by atoms with E-state index in [1.807, 2.05) is 14.1 Å². The molecule has 0 fully saturated rings. The first-order chi connectivity index (χ1) is 7.65. The Morgan fingerprint density at radius 2 is 2.31 bits per heavy atom. The van der Waals surface area contributed by atoms with Gasteiger partial charge in [0.05, 0.1) is 6.54 Å². The highest BCUT2D eigenvalue weighted by atomic mass is 32.1. The Morgan fingerprint density at radius 1 is 1.50 bits per heavy atom. The van der Waals surface area contributed by atoms with Gasteiger partial charge in [-0.1, -0.05) is 0 Å². The van der Waals surface area contributed by atoms with Crippen LogP contribution in [0.15, 0.2) is 6.20 Å². The summed E-state index contributed by atoms with van der Waals surface area (Å²) < 4.78 is 1.66. The second kappa shape index (κ2) is 4.54. The first-order valence-electron chi connectivity index (χ1n) is 4.75. The summed E-state index contributed by atoms with van der Waals surface area (Å²) in [7, 11) is 3.83. The summed E-state index contributed by atoms with van der Waals surface area (Å²) in [6.07, 6.45) is 1.80. The van der Waals surface area contributed by atoms with Crippen molar-refractivity contribution in [1.29, 1.82) is 0 Å². The highest BCUT2D eigenvalue weighted by Gasteiger charge is 2.08. The second-order valence-corrected chi connectivity index (χ2v) is 4.70. The molecule has 0 saturated carbocycles. The Morgan fingerprint density at radius 3 is 2.88 bits per heavy atom. The molecule has 2 heterocycles. The molecule has 0 unspecified atom stereocenters. The Bertz CT molecular complexity index is 462. The molecule has 0 atom stereocenters. The second-order valence-electron chi connectivity index (χ2n) is 3.56. The molecule has 2 aromatic rings. The maximum atomic E-state index is 5.57. The third kappa shape index (κ3) is 2.52. The summed E-state index contributed by atoms with van der Waals surface area (Å²) in [5.41, 5.74) is 5.57. The van der Waals surface area contributed by atoms with Crippen LogP contribution in [-0.4, -0.2) is 37.1 Å². The lowest BCUT2D eigenvalue weighted by Crippen LogP contribution is -2.19. The van der Waals surface area contributed by atoms with E-state index < -0.39 is 0 Å². The molecule has 7 nitrogen and oxygen atoms in total. The standard InChI is InChI=1S/C8H13N7S/c1-14(4-6-3-10-8(9)16-6)5-7-11-12-13-15(7)2/h3H,4-5H2,1-2H3,(H2,9,10). The van der Waals surface area contributed by atoms with Crippen LogP contribution in [0.5, 0.6) is 0 Å². The number of aryl methyl sites for hydroxylation is 1. The van der Waals surface area contributed by atoms with Crippen LogP contribution >= 0.6 is 11.3 Å². The average molecular weight is 239 g/mol. The molecule has 2 aromatic heterocycles. The van der Waals surface area contributed by atoms with Gasteiger partial charge >= 0.3 is 0 Å². The van der Waals surface area contributed by atoms with Crippen molar-refractivity contribution in [2.45, 2.75) is 13.1 Å². The summed E-state index contributed by atoms with van der Waals surface area (Å²) in [6.45, 7) is 1.49. The number of tetrazole rings is 1. The van der Waals surface area contributed by atoms with E-state index >= 15 is 0 Å². The SMILES string of the molecule is CN(Cc1cnc(N)s1)Cc1nnnn1C. The number of rotatable bonds is 4. The Labute approximate surface area is 96.9 Å². The molecular weight excluding hydrogens is 226 g/mol. The molecule has 0 spiro atoms. The van der Waals surface area contributed by atoms with Crippen LogP contribution in [0.2, 0.25) is 0 Å². The molecule has 0 aliphatic rings. The predicted molar refractivity (Wildman–Crippen MR) is 60.5 cm³/mol. The summed E-state index contributed by atoms with van der Waals surface area (Å²) >= 11 is 1.50. The minimum Gasteiger partial charge on any atom is -0.375 e. The van der Waals surface area contributed by atoms with Gasteiger partial charge in [0.15, 0.2) is 11.0 Å². The van der Waals surface area contributed by atoms with Crippen molar-refractivity contribution < 1.29 is 0 Å². The smallest absolute Gasteiger partial charge is 0.180 e. The number of nitrogen functional groups attached to an aromatic ring is 1. The van der Waals surface area contributed by atoms with Crippen molar-refractivity contribution in [3.05, 3.63) is 16.9 Å². The number of hydrogen-bond acceptors (Lipinski definition) is 7. The fraction of sp³-hybridized carbons (Fsp3) is 0.500. The van der Waals surface area contributed by atoms with Crippen LogP contribution in [0.3, 0.4) is 0 Å². The lowest BCUT2D eigenvalue weighted by molar-refractivity contribution is 0.307. The summed E-state index contributed by atoms with van der Waals surface area (Å²) in [6, 6.07) is 0. The molecule has 86 valence electrons. The lowest BCUT2D eigenvalue weighted by Gasteiger charge is -2.13. The number of nitrogens with two attached hydrogens (primary N) is 1. The molecule has 0 aliphatic heterocycles. The van der Waals surface area contributed by atoms with Gasteiger partial charge < -0.3 is 5.73 Å². The van der Waals surface area contributed by atoms with Crippen LogP contribution in [0.4, 0.5) is 5.13 Å². The number of thiazole rings is 1.